The second kappa shape index (κ2) is 10.7. The molecule has 0 bridgehead atoms. The molecule has 1 saturated heterocycles. The molecule has 2 heterocycles. The van der Waals surface area contributed by atoms with Crippen molar-refractivity contribution in [2.24, 2.45) is 17.8 Å². The van der Waals surface area contributed by atoms with Gasteiger partial charge in [0.2, 0.25) is 6.29 Å². The Morgan fingerprint density at radius 1 is 1.08 bits per heavy atom. The third-order valence-corrected chi connectivity index (χ3v) is 7.03. The first-order chi connectivity index (χ1) is 17.1. The minimum Gasteiger partial charge on any atom is -0.504 e. The van der Waals surface area contributed by atoms with Crippen LogP contribution in [0, 0.1) is 17.8 Å². The van der Waals surface area contributed by atoms with Gasteiger partial charge in [-0.3, -0.25) is 4.79 Å². The zero-order valence-electron chi connectivity index (χ0n) is 19.5. The minimum atomic E-state index is -1.65. The molecule has 9 atom stereocenters. The second-order valence-corrected chi connectivity index (χ2v) is 9.26. The number of phenolic OH excluding ortho intramolecular Hbond substituents is 2. The Morgan fingerprint density at radius 3 is 2.53 bits per heavy atom. The Morgan fingerprint density at radius 2 is 1.83 bits per heavy atom. The van der Waals surface area contributed by atoms with E-state index in [1.807, 2.05) is 0 Å². The fourth-order valence-corrected chi connectivity index (χ4v) is 4.87. The molecule has 12 heteroatoms. The van der Waals surface area contributed by atoms with Crippen molar-refractivity contribution in [1.29, 1.82) is 0 Å². The number of carbonyl (C=O) groups is 2. The highest BCUT2D eigenvalue weighted by molar-refractivity contribution is 5.93. The number of aliphatic hydroxyl groups is 4. The zero-order chi connectivity index (χ0) is 26.1. The molecule has 12 nitrogen and oxygen atoms in total. The average Bonchev–Trinajstić information content (AvgIpc) is 3.16. The largest absolute Gasteiger partial charge is 0.504 e. The number of phenols is 2. The number of benzene rings is 1. The number of hydrogen-bond acceptors (Lipinski definition) is 12. The Labute approximate surface area is 206 Å². The van der Waals surface area contributed by atoms with Crippen molar-refractivity contribution in [3.05, 3.63) is 35.6 Å². The fraction of sp³-hybridized carbons (Fsp3) is 0.583. The first-order valence-electron chi connectivity index (χ1n) is 11.6. The molecule has 0 unspecified atom stereocenters. The number of fused-ring (bicyclic) bond motifs is 1. The van der Waals surface area contributed by atoms with E-state index in [0.717, 1.165) is 6.26 Å². The Hall–Kier alpha value is -2.74. The summed E-state index contributed by atoms with van der Waals surface area (Å²) < 4.78 is 22.1. The van der Waals surface area contributed by atoms with Gasteiger partial charge >= 0.3 is 5.97 Å². The van der Waals surface area contributed by atoms with Gasteiger partial charge in [0.1, 0.15) is 30.2 Å². The summed E-state index contributed by atoms with van der Waals surface area (Å²) in [5.41, 5.74) is 0.794. The van der Waals surface area contributed by atoms with Gasteiger partial charge in [0.15, 0.2) is 17.8 Å². The number of ether oxygens (including phenoxy) is 4. The highest BCUT2D eigenvalue weighted by atomic mass is 16.8. The van der Waals surface area contributed by atoms with E-state index in [9.17, 15) is 40.2 Å². The predicted molar refractivity (Wildman–Crippen MR) is 118 cm³/mol. The van der Waals surface area contributed by atoms with E-state index in [-0.39, 0.29) is 42.3 Å². The van der Waals surface area contributed by atoms with Crippen LogP contribution < -0.4 is 0 Å². The van der Waals surface area contributed by atoms with E-state index in [2.05, 4.69) is 0 Å². The summed E-state index contributed by atoms with van der Waals surface area (Å²) in [5.74, 6) is -3.09. The van der Waals surface area contributed by atoms with Crippen molar-refractivity contribution in [3.63, 3.8) is 0 Å². The Balaban J connectivity index is 1.43. The zero-order valence-corrected chi connectivity index (χ0v) is 19.5. The number of hydrogen-bond donors (Lipinski definition) is 6. The lowest BCUT2D eigenvalue weighted by Gasteiger charge is -2.42. The molecule has 1 aliphatic carbocycles. The summed E-state index contributed by atoms with van der Waals surface area (Å²) in [6.45, 7) is 1.02. The molecule has 2 aliphatic heterocycles. The maximum atomic E-state index is 12.8. The van der Waals surface area contributed by atoms with Crippen LogP contribution in [-0.2, 0) is 35.0 Å². The van der Waals surface area contributed by atoms with Crippen molar-refractivity contribution < 1.29 is 59.2 Å². The lowest BCUT2D eigenvalue weighted by molar-refractivity contribution is -0.342. The summed E-state index contributed by atoms with van der Waals surface area (Å²) in [5, 5.41) is 58.6. The predicted octanol–water partition coefficient (Wildman–Crippen LogP) is -0.919. The Kier molecular flexibility index (Phi) is 7.83. The quantitative estimate of drug-likeness (QED) is 0.196. The van der Waals surface area contributed by atoms with Crippen LogP contribution in [0.1, 0.15) is 18.9 Å². The molecule has 1 saturated carbocycles. The third kappa shape index (κ3) is 5.05. The standard InChI is InChI=1S/C24H30O12/c1-10-15(27)7-12-13(22(32)33-5-4-11-2-3-14(26)16(28)6-11)9-34-23(18(10)12)36-24-21(31)20(30)19(29)17(8-25)35-24/h2-3,6,9-10,12,17-21,23-26,28-31H,4-5,7-8H2,1H3/t10-,12+,17-,18-,19+,20-,21-,23-,24-/m0/s1. The SMILES string of the molecule is C[C@H]1C(=O)C[C@@H]2C(C(=O)OCCc3ccc(O)c(O)c3)=CO[C@@H](O[C@@H]3O[C@@H](CO)[C@@H](O)[C@H](O)[C@@H]3O)[C@H]21. The smallest absolute Gasteiger partial charge is 0.337 e. The number of ketones is 1. The van der Waals surface area contributed by atoms with Crippen molar-refractivity contribution in [2.45, 2.75) is 56.8 Å². The van der Waals surface area contributed by atoms with Crippen LogP contribution in [0.15, 0.2) is 30.0 Å². The van der Waals surface area contributed by atoms with Crippen LogP contribution in [0.25, 0.3) is 0 Å². The second-order valence-electron chi connectivity index (χ2n) is 9.26. The summed E-state index contributed by atoms with van der Waals surface area (Å²) >= 11 is 0. The number of aromatic hydroxyl groups is 2. The molecule has 4 rings (SSSR count). The first-order valence-corrected chi connectivity index (χ1v) is 11.6. The first kappa shape index (κ1) is 26.3. The molecular weight excluding hydrogens is 480 g/mol. The number of rotatable bonds is 7. The van der Waals surface area contributed by atoms with E-state index in [0.29, 0.717) is 5.56 Å². The normalized spacial score (nSPS) is 36.1. The molecule has 1 aromatic carbocycles. The van der Waals surface area contributed by atoms with Crippen molar-refractivity contribution in [2.75, 3.05) is 13.2 Å². The molecule has 0 amide bonds. The molecule has 0 radical (unpaired) electrons. The van der Waals surface area contributed by atoms with E-state index in [1.54, 1.807) is 13.0 Å². The molecular formula is C24H30O12. The van der Waals surface area contributed by atoms with Crippen LogP contribution in [-0.4, -0.2) is 92.6 Å². The lowest BCUT2D eigenvalue weighted by Crippen LogP contribution is -2.60. The van der Waals surface area contributed by atoms with Gasteiger partial charge in [-0.05, 0) is 17.7 Å². The average molecular weight is 510 g/mol. The summed E-state index contributed by atoms with van der Waals surface area (Å²) in [6, 6.07) is 4.27. The number of esters is 1. The van der Waals surface area contributed by atoms with Crippen molar-refractivity contribution >= 4 is 11.8 Å². The lowest BCUT2D eigenvalue weighted by atomic mass is 9.83. The van der Waals surface area contributed by atoms with Gasteiger partial charge in [-0.1, -0.05) is 13.0 Å². The monoisotopic (exact) mass is 510 g/mol. The maximum absolute atomic E-state index is 12.8. The van der Waals surface area contributed by atoms with E-state index in [4.69, 9.17) is 18.9 Å². The van der Waals surface area contributed by atoms with Gasteiger partial charge in [-0.15, -0.1) is 0 Å². The molecule has 0 spiro atoms. The van der Waals surface area contributed by atoms with Gasteiger partial charge < -0.3 is 49.6 Å². The molecule has 2 fully saturated rings. The molecule has 36 heavy (non-hydrogen) atoms. The topological polar surface area (TPSA) is 192 Å². The van der Waals surface area contributed by atoms with Crippen LogP contribution >= 0.6 is 0 Å². The molecule has 6 N–H and O–H groups in total. The molecule has 198 valence electrons. The van der Waals surface area contributed by atoms with Crippen molar-refractivity contribution in [3.8, 4) is 11.5 Å². The molecule has 0 aromatic heterocycles. The third-order valence-electron chi connectivity index (χ3n) is 7.03. The number of carbonyl (C=O) groups excluding carboxylic acids is 2. The number of aliphatic hydroxyl groups excluding tert-OH is 4. The van der Waals surface area contributed by atoms with Gasteiger partial charge in [0, 0.05) is 30.6 Å². The summed E-state index contributed by atoms with van der Waals surface area (Å²) in [6.07, 6.45) is -7.11. The van der Waals surface area contributed by atoms with Crippen LogP contribution in [0.5, 0.6) is 11.5 Å². The minimum absolute atomic E-state index is 0.0218. The van der Waals surface area contributed by atoms with Crippen LogP contribution in [0.2, 0.25) is 0 Å². The van der Waals surface area contributed by atoms with Crippen molar-refractivity contribution in [1.82, 2.24) is 0 Å². The maximum Gasteiger partial charge on any atom is 0.337 e. The van der Waals surface area contributed by atoms with Gasteiger partial charge in [0.25, 0.3) is 0 Å². The van der Waals surface area contributed by atoms with E-state index < -0.39 is 67.3 Å². The van der Waals surface area contributed by atoms with Gasteiger partial charge in [0.05, 0.1) is 25.0 Å². The summed E-state index contributed by atoms with van der Waals surface area (Å²) in [4.78, 5) is 25.4. The van der Waals surface area contributed by atoms with Gasteiger partial charge in [-0.25, -0.2) is 4.79 Å². The summed E-state index contributed by atoms with van der Waals surface area (Å²) in [7, 11) is 0. The number of Topliss-reactive ketones (excluding diaryl/α,β-unsaturated/α-hetero) is 1. The highest BCUT2D eigenvalue weighted by Gasteiger charge is 2.53. The molecule has 3 aliphatic rings. The highest BCUT2D eigenvalue weighted by Crippen LogP contribution is 2.46. The Bertz CT molecular complexity index is 1010. The van der Waals surface area contributed by atoms with E-state index in [1.165, 1.54) is 12.1 Å². The van der Waals surface area contributed by atoms with E-state index >= 15 is 0 Å². The van der Waals surface area contributed by atoms with Gasteiger partial charge in [-0.2, -0.15) is 0 Å². The molecule has 1 aromatic rings. The fourth-order valence-electron chi connectivity index (χ4n) is 4.87. The van der Waals surface area contributed by atoms with Crippen LogP contribution in [0.3, 0.4) is 0 Å². The van der Waals surface area contributed by atoms with Crippen LogP contribution in [0.4, 0.5) is 0 Å².